The van der Waals surface area contributed by atoms with Crippen LogP contribution < -0.4 is 5.32 Å². The van der Waals surface area contributed by atoms with Gasteiger partial charge in [0.25, 0.3) is 0 Å². The van der Waals surface area contributed by atoms with E-state index in [-0.39, 0.29) is 0 Å². The quantitative estimate of drug-likeness (QED) is 0.625. The first kappa shape index (κ1) is 13.8. The van der Waals surface area contributed by atoms with Gasteiger partial charge in [-0.15, -0.1) is 26.6 Å². The number of pyridine rings is 1. The van der Waals surface area contributed by atoms with Crippen LogP contribution in [0.4, 0.5) is 5.82 Å². The van der Waals surface area contributed by atoms with Crippen molar-refractivity contribution in [3.05, 3.63) is 58.4 Å². The Morgan fingerprint density at radius 1 is 1.13 bits per heavy atom. The summed E-state index contributed by atoms with van der Waals surface area (Å²) in [6.45, 7) is 2.75. The third-order valence-corrected chi connectivity index (χ3v) is 4.30. The highest BCUT2D eigenvalue weighted by Crippen LogP contribution is 2.17. The van der Waals surface area contributed by atoms with Gasteiger partial charge in [-0.2, -0.15) is 4.52 Å². The number of anilines is 1. The molecule has 0 aliphatic rings. The Balaban J connectivity index is 1.67. The number of hydrogen-bond acceptors (Lipinski definition) is 6. The van der Waals surface area contributed by atoms with E-state index in [1.54, 1.807) is 15.9 Å². The Bertz CT molecular complexity index is 927. The lowest BCUT2D eigenvalue weighted by molar-refractivity contribution is 0.921. The van der Waals surface area contributed by atoms with Crippen molar-refractivity contribution in [3.63, 3.8) is 0 Å². The largest absolute Gasteiger partial charge is 0.364 e. The Hall–Kier alpha value is -2.80. The van der Waals surface area contributed by atoms with Gasteiger partial charge in [-0.25, -0.2) is 0 Å². The Morgan fingerprint density at radius 2 is 2.09 bits per heavy atom. The average molecular weight is 322 g/mol. The molecule has 0 unspecified atom stereocenters. The molecule has 0 aliphatic heterocycles. The number of hydrogen-bond donors (Lipinski definition) is 1. The minimum absolute atomic E-state index is 0.639. The van der Waals surface area contributed by atoms with E-state index in [0.29, 0.717) is 11.5 Å². The minimum atomic E-state index is 0.639. The molecule has 1 N–H and O–H groups in total. The number of aromatic nitrogens is 5. The molecule has 0 amide bonds. The first-order valence-corrected chi connectivity index (χ1v) is 8.09. The van der Waals surface area contributed by atoms with Crippen LogP contribution in [-0.2, 0) is 6.54 Å². The molecule has 0 fully saturated rings. The zero-order valence-electron chi connectivity index (χ0n) is 12.5. The van der Waals surface area contributed by atoms with Gasteiger partial charge in [0.15, 0.2) is 5.65 Å². The van der Waals surface area contributed by atoms with Crippen LogP contribution in [-0.4, -0.2) is 24.8 Å². The summed E-state index contributed by atoms with van der Waals surface area (Å²) in [4.78, 5) is 5.67. The molecule has 114 valence electrons. The number of nitrogens with zero attached hydrogens (tertiary/aromatic N) is 5. The lowest BCUT2D eigenvalue weighted by Gasteiger charge is -2.05. The summed E-state index contributed by atoms with van der Waals surface area (Å²) >= 11 is 1.72. The van der Waals surface area contributed by atoms with Crippen LogP contribution >= 0.6 is 11.3 Å². The van der Waals surface area contributed by atoms with Crippen LogP contribution in [0.5, 0.6) is 0 Å². The first-order chi connectivity index (χ1) is 11.3. The van der Waals surface area contributed by atoms with E-state index in [0.717, 1.165) is 23.6 Å². The molecule has 0 saturated heterocycles. The van der Waals surface area contributed by atoms with E-state index in [1.165, 1.54) is 4.88 Å². The van der Waals surface area contributed by atoms with Crippen LogP contribution in [0, 0.1) is 6.92 Å². The molecule has 0 spiro atoms. The summed E-state index contributed by atoms with van der Waals surface area (Å²) in [7, 11) is 0. The van der Waals surface area contributed by atoms with Gasteiger partial charge < -0.3 is 5.32 Å². The highest BCUT2D eigenvalue weighted by molar-refractivity contribution is 7.09. The maximum Gasteiger partial charge on any atom is 0.203 e. The second-order valence-corrected chi connectivity index (χ2v) is 6.20. The fraction of sp³-hybridized carbons (Fsp3) is 0.125. The Kier molecular flexibility index (Phi) is 3.47. The summed E-state index contributed by atoms with van der Waals surface area (Å²) in [5.74, 6) is 1.42. The van der Waals surface area contributed by atoms with Gasteiger partial charge in [0.1, 0.15) is 11.5 Å². The molecule has 4 heterocycles. The topological polar surface area (TPSA) is 68.0 Å². The van der Waals surface area contributed by atoms with Crippen molar-refractivity contribution < 1.29 is 0 Å². The van der Waals surface area contributed by atoms with Crippen molar-refractivity contribution >= 4 is 22.8 Å². The molecule has 6 nitrogen and oxygen atoms in total. The summed E-state index contributed by atoms with van der Waals surface area (Å²) in [5, 5.41) is 18.3. The summed E-state index contributed by atoms with van der Waals surface area (Å²) in [6, 6.07) is 11.9. The number of fused-ring (bicyclic) bond motifs is 1. The Labute approximate surface area is 136 Å². The Morgan fingerprint density at radius 3 is 2.87 bits per heavy atom. The fourth-order valence-corrected chi connectivity index (χ4v) is 2.88. The zero-order valence-corrected chi connectivity index (χ0v) is 13.3. The molecular weight excluding hydrogens is 308 g/mol. The monoisotopic (exact) mass is 322 g/mol. The second kappa shape index (κ2) is 5.77. The molecule has 4 aromatic rings. The van der Waals surface area contributed by atoms with Crippen LogP contribution in [0.15, 0.2) is 48.0 Å². The van der Waals surface area contributed by atoms with E-state index in [4.69, 9.17) is 0 Å². The standard InChI is InChI=1S/C16H14N6S/c1-11-4-5-13(17-9-11)16-20-19-15-7-6-14(21-22(15)16)18-10-12-3-2-8-23-12/h2-9H,10H2,1H3,(H,18,21). The molecule has 4 rings (SSSR count). The van der Waals surface area contributed by atoms with E-state index < -0.39 is 0 Å². The summed E-state index contributed by atoms with van der Waals surface area (Å²) < 4.78 is 1.72. The molecule has 0 aliphatic carbocycles. The highest BCUT2D eigenvalue weighted by Gasteiger charge is 2.11. The molecule has 4 aromatic heterocycles. The van der Waals surface area contributed by atoms with E-state index in [2.05, 4.69) is 37.0 Å². The molecule has 0 radical (unpaired) electrons. The SMILES string of the molecule is Cc1ccc(-c2nnc3ccc(NCc4cccs4)nn23)nc1. The lowest BCUT2D eigenvalue weighted by atomic mass is 10.3. The van der Waals surface area contributed by atoms with Gasteiger partial charge in [0.05, 0.1) is 6.54 Å². The van der Waals surface area contributed by atoms with Gasteiger partial charge in [-0.1, -0.05) is 12.1 Å². The van der Waals surface area contributed by atoms with Crippen molar-refractivity contribution in [3.8, 4) is 11.5 Å². The van der Waals surface area contributed by atoms with Crippen molar-refractivity contribution in [1.29, 1.82) is 0 Å². The fourth-order valence-electron chi connectivity index (χ4n) is 2.23. The molecule has 0 aromatic carbocycles. The van der Waals surface area contributed by atoms with Crippen LogP contribution in [0.1, 0.15) is 10.4 Å². The second-order valence-electron chi connectivity index (χ2n) is 5.17. The third kappa shape index (κ3) is 2.78. The molecular formula is C16H14N6S. The predicted octanol–water partition coefficient (Wildman–Crippen LogP) is 3.17. The number of nitrogens with one attached hydrogen (secondary N) is 1. The number of aryl methyl sites for hydroxylation is 1. The normalized spacial score (nSPS) is 11.0. The van der Waals surface area contributed by atoms with Crippen molar-refractivity contribution in [2.24, 2.45) is 0 Å². The highest BCUT2D eigenvalue weighted by atomic mass is 32.1. The first-order valence-electron chi connectivity index (χ1n) is 7.21. The van der Waals surface area contributed by atoms with Crippen LogP contribution in [0.3, 0.4) is 0 Å². The van der Waals surface area contributed by atoms with Gasteiger partial charge >= 0.3 is 0 Å². The van der Waals surface area contributed by atoms with E-state index >= 15 is 0 Å². The van der Waals surface area contributed by atoms with Crippen molar-refractivity contribution in [2.75, 3.05) is 5.32 Å². The number of thiophene rings is 1. The third-order valence-electron chi connectivity index (χ3n) is 3.43. The maximum atomic E-state index is 4.58. The lowest BCUT2D eigenvalue weighted by Crippen LogP contribution is -2.04. The van der Waals surface area contributed by atoms with E-state index in [1.807, 2.05) is 43.5 Å². The average Bonchev–Trinajstić information content (AvgIpc) is 3.23. The van der Waals surface area contributed by atoms with Crippen molar-refractivity contribution in [1.82, 2.24) is 24.8 Å². The minimum Gasteiger partial charge on any atom is -0.364 e. The summed E-state index contributed by atoms with van der Waals surface area (Å²) in [5.41, 5.74) is 2.56. The maximum absolute atomic E-state index is 4.58. The van der Waals surface area contributed by atoms with Gasteiger partial charge in [0.2, 0.25) is 5.82 Å². The van der Waals surface area contributed by atoms with E-state index in [9.17, 15) is 0 Å². The van der Waals surface area contributed by atoms with Crippen LogP contribution in [0.2, 0.25) is 0 Å². The smallest absolute Gasteiger partial charge is 0.203 e. The van der Waals surface area contributed by atoms with Crippen LogP contribution in [0.25, 0.3) is 17.2 Å². The predicted molar refractivity (Wildman–Crippen MR) is 90.4 cm³/mol. The van der Waals surface area contributed by atoms with Gasteiger partial charge in [-0.05, 0) is 42.1 Å². The van der Waals surface area contributed by atoms with Crippen molar-refractivity contribution in [2.45, 2.75) is 13.5 Å². The molecule has 0 bridgehead atoms. The molecule has 0 atom stereocenters. The molecule has 7 heteroatoms. The summed E-state index contributed by atoms with van der Waals surface area (Å²) in [6.07, 6.45) is 1.81. The number of rotatable bonds is 4. The molecule has 23 heavy (non-hydrogen) atoms. The van der Waals surface area contributed by atoms with Gasteiger partial charge in [-0.3, -0.25) is 4.98 Å². The van der Waals surface area contributed by atoms with Gasteiger partial charge in [0, 0.05) is 11.1 Å². The zero-order chi connectivity index (χ0) is 15.6. The molecule has 0 saturated carbocycles.